The number of aromatic nitrogens is 1. The van der Waals surface area contributed by atoms with Gasteiger partial charge in [0, 0.05) is 24.9 Å². The van der Waals surface area contributed by atoms with Crippen molar-refractivity contribution < 1.29 is 0 Å². The summed E-state index contributed by atoms with van der Waals surface area (Å²) in [4.78, 5) is 7.25. The summed E-state index contributed by atoms with van der Waals surface area (Å²) >= 11 is 4.99. The van der Waals surface area contributed by atoms with Crippen LogP contribution in [0.25, 0.3) is 10.9 Å². The monoisotopic (exact) mass is 259 g/mol. The Morgan fingerprint density at radius 1 is 1.33 bits per heavy atom. The average molecular weight is 259 g/mol. The molecule has 4 heteroatoms. The molecule has 94 valence electrons. The van der Waals surface area contributed by atoms with E-state index >= 15 is 0 Å². The quantitative estimate of drug-likeness (QED) is 0.857. The summed E-state index contributed by atoms with van der Waals surface area (Å²) in [5.41, 5.74) is 6.64. The molecule has 0 saturated carbocycles. The normalized spacial score (nSPS) is 12.3. The molecule has 1 heterocycles. The number of nitrogens with two attached hydrogens (primary N) is 1. The fourth-order valence-electron chi connectivity index (χ4n) is 1.86. The van der Waals surface area contributed by atoms with Crippen molar-refractivity contribution in [2.45, 2.75) is 6.92 Å². The van der Waals surface area contributed by atoms with Gasteiger partial charge in [0.15, 0.2) is 0 Å². The molecule has 0 aliphatic rings. The van der Waals surface area contributed by atoms with Crippen LogP contribution in [0.5, 0.6) is 0 Å². The third-order valence-corrected chi connectivity index (χ3v) is 3.41. The largest absolute Gasteiger partial charge is 0.393 e. The highest BCUT2D eigenvalue weighted by Crippen LogP contribution is 2.17. The number of anilines is 1. The number of thiocarbonyl (C=S) groups is 1. The predicted octanol–water partition coefficient (Wildman–Crippen LogP) is 2.59. The molecule has 0 bridgehead atoms. The van der Waals surface area contributed by atoms with Crippen LogP contribution in [0.15, 0.2) is 36.4 Å². The molecule has 2 N–H and O–H groups in total. The molecule has 0 radical (unpaired) electrons. The summed E-state index contributed by atoms with van der Waals surface area (Å²) in [6, 6.07) is 12.2. The zero-order valence-corrected chi connectivity index (χ0v) is 11.4. The smallest absolute Gasteiger partial charge is 0.129 e. The summed E-state index contributed by atoms with van der Waals surface area (Å²) in [5, 5.41) is 1.15. The Labute approximate surface area is 113 Å². The van der Waals surface area contributed by atoms with Crippen LogP contribution in [0.2, 0.25) is 0 Å². The zero-order valence-electron chi connectivity index (χ0n) is 10.6. The number of nitrogens with zero attached hydrogens (tertiary/aromatic N) is 2. The Balaban J connectivity index is 2.22. The Kier molecular flexibility index (Phi) is 3.77. The van der Waals surface area contributed by atoms with Crippen LogP contribution in [0.4, 0.5) is 5.82 Å². The van der Waals surface area contributed by atoms with Crippen molar-refractivity contribution in [3.05, 3.63) is 36.4 Å². The van der Waals surface area contributed by atoms with E-state index in [0.29, 0.717) is 4.99 Å². The van der Waals surface area contributed by atoms with E-state index in [1.807, 2.05) is 38.2 Å². The van der Waals surface area contributed by atoms with Gasteiger partial charge >= 0.3 is 0 Å². The van der Waals surface area contributed by atoms with Gasteiger partial charge in [-0.25, -0.2) is 4.98 Å². The summed E-state index contributed by atoms with van der Waals surface area (Å²) in [7, 11) is 2.01. The maximum atomic E-state index is 5.64. The third kappa shape index (κ3) is 2.76. The lowest BCUT2D eigenvalue weighted by Crippen LogP contribution is -2.31. The zero-order chi connectivity index (χ0) is 13.1. The van der Waals surface area contributed by atoms with Crippen LogP contribution < -0.4 is 10.6 Å². The average Bonchev–Trinajstić information content (AvgIpc) is 2.37. The Morgan fingerprint density at radius 3 is 2.78 bits per heavy atom. The fourth-order valence-corrected chi connectivity index (χ4v) is 1.94. The summed E-state index contributed by atoms with van der Waals surface area (Å²) < 4.78 is 0. The summed E-state index contributed by atoms with van der Waals surface area (Å²) in [6.07, 6.45) is 0. The van der Waals surface area contributed by atoms with Crippen LogP contribution in [-0.4, -0.2) is 23.6 Å². The molecule has 0 spiro atoms. The highest BCUT2D eigenvalue weighted by molar-refractivity contribution is 7.80. The maximum absolute atomic E-state index is 5.64. The van der Waals surface area contributed by atoms with Crippen LogP contribution in [0, 0.1) is 5.92 Å². The van der Waals surface area contributed by atoms with Gasteiger partial charge in [0.2, 0.25) is 0 Å². The number of hydrogen-bond donors (Lipinski definition) is 1. The number of rotatable bonds is 4. The molecule has 1 unspecified atom stereocenters. The standard InChI is InChI=1S/C14H17N3S/c1-10(14(15)18)9-17(2)13-8-7-11-5-3-4-6-12(11)16-13/h3-8,10H,9H2,1-2H3,(H2,15,18). The van der Waals surface area contributed by atoms with Crippen molar-refractivity contribution in [3.8, 4) is 0 Å². The molecule has 1 aromatic heterocycles. The number of pyridine rings is 1. The fraction of sp³-hybridized carbons (Fsp3) is 0.286. The van der Waals surface area contributed by atoms with E-state index in [1.165, 1.54) is 0 Å². The summed E-state index contributed by atoms with van der Waals surface area (Å²) in [6.45, 7) is 2.81. The van der Waals surface area contributed by atoms with Crippen LogP contribution in [0.1, 0.15) is 6.92 Å². The molecule has 2 rings (SSSR count). The highest BCUT2D eigenvalue weighted by Gasteiger charge is 2.10. The molecule has 0 aliphatic carbocycles. The van der Waals surface area contributed by atoms with Gasteiger partial charge in [-0.2, -0.15) is 0 Å². The van der Waals surface area contributed by atoms with E-state index in [2.05, 4.69) is 22.0 Å². The van der Waals surface area contributed by atoms with Gasteiger partial charge in [-0.3, -0.25) is 0 Å². The van der Waals surface area contributed by atoms with Crippen molar-refractivity contribution in [3.63, 3.8) is 0 Å². The van der Waals surface area contributed by atoms with Gasteiger partial charge in [-0.05, 0) is 18.2 Å². The first-order valence-electron chi connectivity index (χ1n) is 5.94. The summed E-state index contributed by atoms with van der Waals surface area (Å²) in [5.74, 6) is 1.12. The maximum Gasteiger partial charge on any atom is 0.129 e. The molecule has 3 nitrogen and oxygen atoms in total. The topological polar surface area (TPSA) is 42.2 Å². The van der Waals surface area contributed by atoms with Gasteiger partial charge in [-0.1, -0.05) is 37.3 Å². The minimum atomic E-state index is 0.179. The molecular weight excluding hydrogens is 242 g/mol. The number of fused-ring (bicyclic) bond motifs is 1. The van der Waals surface area contributed by atoms with Crippen molar-refractivity contribution >= 4 is 33.9 Å². The van der Waals surface area contributed by atoms with Gasteiger partial charge in [-0.15, -0.1) is 0 Å². The first-order valence-corrected chi connectivity index (χ1v) is 6.35. The van der Waals surface area contributed by atoms with Crippen LogP contribution in [0.3, 0.4) is 0 Å². The first kappa shape index (κ1) is 12.8. The van der Waals surface area contributed by atoms with E-state index in [-0.39, 0.29) is 5.92 Å². The van der Waals surface area contributed by atoms with Crippen molar-refractivity contribution in [2.75, 3.05) is 18.5 Å². The van der Waals surface area contributed by atoms with Gasteiger partial charge < -0.3 is 10.6 Å². The minimum absolute atomic E-state index is 0.179. The molecule has 1 aromatic carbocycles. The molecule has 0 saturated heterocycles. The van der Waals surface area contributed by atoms with Crippen LogP contribution in [-0.2, 0) is 0 Å². The van der Waals surface area contributed by atoms with E-state index < -0.39 is 0 Å². The predicted molar refractivity (Wildman–Crippen MR) is 81.0 cm³/mol. The Morgan fingerprint density at radius 2 is 2.06 bits per heavy atom. The lowest BCUT2D eigenvalue weighted by Gasteiger charge is -2.22. The van der Waals surface area contributed by atoms with E-state index in [4.69, 9.17) is 18.0 Å². The van der Waals surface area contributed by atoms with Crippen LogP contribution >= 0.6 is 12.2 Å². The van der Waals surface area contributed by atoms with E-state index in [0.717, 1.165) is 23.3 Å². The SMILES string of the molecule is CC(CN(C)c1ccc2ccccc2n1)C(N)=S. The van der Waals surface area contributed by atoms with Crippen molar-refractivity contribution in [1.82, 2.24) is 4.98 Å². The van der Waals surface area contributed by atoms with E-state index in [1.54, 1.807) is 0 Å². The number of para-hydroxylation sites is 1. The van der Waals surface area contributed by atoms with E-state index in [9.17, 15) is 0 Å². The minimum Gasteiger partial charge on any atom is -0.393 e. The number of benzene rings is 1. The second-order valence-electron chi connectivity index (χ2n) is 4.55. The molecule has 2 aromatic rings. The van der Waals surface area contributed by atoms with Gasteiger partial charge in [0.25, 0.3) is 0 Å². The second kappa shape index (κ2) is 5.31. The van der Waals surface area contributed by atoms with Crippen molar-refractivity contribution in [2.24, 2.45) is 11.7 Å². The number of hydrogen-bond acceptors (Lipinski definition) is 3. The Hall–Kier alpha value is -1.68. The van der Waals surface area contributed by atoms with Gasteiger partial charge in [0.05, 0.1) is 10.5 Å². The second-order valence-corrected chi connectivity index (χ2v) is 5.02. The lowest BCUT2D eigenvalue weighted by molar-refractivity contribution is 0.736. The van der Waals surface area contributed by atoms with Crippen molar-refractivity contribution in [1.29, 1.82) is 0 Å². The first-order chi connectivity index (χ1) is 8.58. The molecule has 0 aliphatic heterocycles. The lowest BCUT2D eigenvalue weighted by atomic mass is 10.1. The Bertz CT molecular complexity index is 568. The molecule has 18 heavy (non-hydrogen) atoms. The molecule has 1 atom stereocenters. The molecule has 0 fully saturated rings. The molecule has 0 amide bonds. The van der Waals surface area contributed by atoms with Gasteiger partial charge in [0.1, 0.15) is 5.82 Å². The molecular formula is C14H17N3S. The third-order valence-electron chi connectivity index (χ3n) is 3.01. The highest BCUT2D eigenvalue weighted by atomic mass is 32.1.